The zero-order valence-corrected chi connectivity index (χ0v) is 10.3. The van der Waals surface area contributed by atoms with Gasteiger partial charge < -0.3 is 4.90 Å². The van der Waals surface area contributed by atoms with Crippen LogP contribution in [0.5, 0.6) is 0 Å². The maximum atomic E-state index is 4.61. The van der Waals surface area contributed by atoms with Crippen molar-refractivity contribution in [1.82, 2.24) is 0 Å². The Morgan fingerprint density at radius 2 is 2.12 bits per heavy atom. The van der Waals surface area contributed by atoms with Crippen molar-refractivity contribution in [1.29, 1.82) is 0 Å². The number of rotatable bonds is 0. The van der Waals surface area contributed by atoms with Crippen molar-refractivity contribution >= 4 is 23.9 Å². The fraction of sp³-hybridized carbons (Fsp3) is 0.462. The first-order valence-corrected chi connectivity index (χ1v) is 5.77. The number of halogens is 1. The molecule has 16 heavy (non-hydrogen) atoms. The third-order valence-electron chi connectivity index (χ3n) is 3.34. The van der Waals surface area contributed by atoms with Gasteiger partial charge in [-0.1, -0.05) is 18.2 Å². The third-order valence-corrected chi connectivity index (χ3v) is 3.34. The second-order valence-electron chi connectivity index (χ2n) is 4.45. The SMILES string of the molecule is CC1Cc2ccccc2N1C1=NCCC1.Cl. The second-order valence-corrected chi connectivity index (χ2v) is 4.45. The van der Waals surface area contributed by atoms with Gasteiger partial charge >= 0.3 is 0 Å². The van der Waals surface area contributed by atoms with Crippen molar-refractivity contribution in [3.63, 3.8) is 0 Å². The van der Waals surface area contributed by atoms with E-state index < -0.39 is 0 Å². The maximum Gasteiger partial charge on any atom is 0.104 e. The number of para-hydroxylation sites is 1. The van der Waals surface area contributed by atoms with Crippen LogP contribution < -0.4 is 4.90 Å². The molecule has 1 unspecified atom stereocenters. The monoisotopic (exact) mass is 236 g/mol. The first kappa shape index (κ1) is 11.5. The van der Waals surface area contributed by atoms with Gasteiger partial charge in [-0.2, -0.15) is 0 Å². The largest absolute Gasteiger partial charge is 0.327 e. The molecule has 2 heterocycles. The highest BCUT2D eigenvalue weighted by Gasteiger charge is 2.29. The van der Waals surface area contributed by atoms with Crippen molar-refractivity contribution in [3.8, 4) is 0 Å². The highest BCUT2D eigenvalue weighted by atomic mass is 35.5. The summed E-state index contributed by atoms with van der Waals surface area (Å²) < 4.78 is 0. The Balaban J connectivity index is 0.000000963. The number of benzene rings is 1. The summed E-state index contributed by atoms with van der Waals surface area (Å²) in [5.41, 5.74) is 2.85. The summed E-state index contributed by atoms with van der Waals surface area (Å²) in [5, 5.41) is 0. The van der Waals surface area contributed by atoms with E-state index in [-0.39, 0.29) is 12.4 Å². The number of amidine groups is 1. The normalized spacial score (nSPS) is 22.7. The standard InChI is InChI=1S/C13H16N2.ClH/c1-10-9-11-5-2-3-6-12(11)15(10)13-7-4-8-14-13;/h2-3,5-6,10H,4,7-9H2,1H3;1H. The Morgan fingerprint density at radius 3 is 2.88 bits per heavy atom. The summed E-state index contributed by atoms with van der Waals surface area (Å²) in [4.78, 5) is 7.04. The summed E-state index contributed by atoms with van der Waals surface area (Å²) in [6.07, 6.45) is 3.54. The fourth-order valence-electron chi connectivity index (χ4n) is 2.68. The number of aliphatic imine (C=N–C) groups is 1. The molecule has 86 valence electrons. The van der Waals surface area contributed by atoms with E-state index in [9.17, 15) is 0 Å². The first-order valence-electron chi connectivity index (χ1n) is 5.77. The molecule has 0 radical (unpaired) electrons. The minimum atomic E-state index is 0. The molecule has 1 aromatic carbocycles. The Kier molecular flexibility index (Phi) is 3.20. The summed E-state index contributed by atoms with van der Waals surface area (Å²) >= 11 is 0. The highest BCUT2D eigenvalue weighted by molar-refractivity contribution is 6.00. The number of hydrogen-bond acceptors (Lipinski definition) is 2. The molecule has 2 aliphatic rings. The van der Waals surface area contributed by atoms with E-state index >= 15 is 0 Å². The zero-order chi connectivity index (χ0) is 10.3. The summed E-state index contributed by atoms with van der Waals surface area (Å²) in [6.45, 7) is 3.31. The predicted molar refractivity (Wildman–Crippen MR) is 70.9 cm³/mol. The van der Waals surface area contributed by atoms with Crippen molar-refractivity contribution in [2.45, 2.75) is 32.2 Å². The average molecular weight is 237 g/mol. The summed E-state index contributed by atoms with van der Waals surface area (Å²) in [7, 11) is 0. The Bertz CT molecular complexity index is 414. The van der Waals surface area contributed by atoms with Gasteiger partial charge in [0.1, 0.15) is 5.84 Å². The predicted octanol–water partition coefficient (Wildman–Crippen LogP) is 3.05. The Labute approximate surface area is 103 Å². The van der Waals surface area contributed by atoms with Gasteiger partial charge in [0.15, 0.2) is 0 Å². The molecule has 0 saturated carbocycles. The quantitative estimate of drug-likeness (QED) is 0.676. The van der Waals surface area contributed by atoms with Crippen LogP contribution in [0.2, 0.25) is 0 Å². The topological polar surface area (TPSA) is 15.6 Å². The molecule has 1 atom stereocenters. The highest BCUT2D eigenvalue weighted by Crippen LogP contribution is 2.33. The average Bonchev–Trinajstić information content (AvgIpc) is 2.82. The number of nitrogens with zero attached hydrogens (tertiary/aromatic N) is 2. The molecule has 3 heteroatoms. The fourth-order valence-corrected chi connectivity index (χ4v) is 2.68. The molecule has 2 nitrogen and oxygen atoms in total. The smallest absolute Gasteiger partial charge is 0.104 e. The van der Waals surface area contributed by atoms with Gasteiger partial charge in [0.2, 0.25) is 0 Å². The van der Waals surface area contributed by atoms with Crippen LogP contribution in [0.1, 0.15) is 25.3 Å². The molecule has 0 fully saturated rings. The summed E-state index contributed by atoms with van der Waals surface area (Å²) in [6, 6.07) is 9.30. The van der Waals surface area contributed by atoms with E-state index in [2.05, 4.69) is 41.1 Å². The van der Waals surface area contributed by atoms with E-state index in [1.807, 2.05) is 0 Å². The molecule has 3 rings (SSSR count). The van der Waals surface area contributed by atoms with Crippen molar-refractivity contribution in [2.75, 3.05) is 11.4 Å². The van der Waals surface area contributed by atoms with Gasteiger partial charge in [0, 0.05) is 24.7 Å². The number of hydrogen-bond donors (Lipinski definition) is 0. The van der Waals surface area contributed by atoms with Gasteiger partial charge in [0.25, 0.3) is 0 Å². The lowest BCUT2D eigenvalue weighted by Gasteiger charge is -2.24. The molecule has 1 aromatic rings. The van der Waals surface area contributed by atoms with E-state index in [0.29, 0.717) is 6.04 Å². The molecule has 0 aliphatic carbocycles. The van der Waals surface area contributed by atoms with Crippen molar-refractivity contribution in [2.24, 2.45) is 4.99 Å². The molecular weight excluding hydrogens is 220 g/mol. The van der Waals surface area contributed by atoms with Crippen molar-refractivity contribution < 1.29 is 0 Å². The number of fused-ring (bicyclic) bond motifs is 1. The van der Waals surface area contributed by atoms with Crippen LogP contribution >= 0.6 is 12.4 Å². The second kappa shape index (κ2) is 4.46. The van der Waals surface area contributed by atoms with E-state index in [1.54, 1.807) is 0 Å². The summed E-state index contributed by atoms with van der Waals surface area (Å²) in [5.74, 6) is 1.30. The Hall–Kier alpha value is -1.02. The van der Waals surface area contributed by atoms with Gasteiger partial charge in [-0.05, 0) is 31.4 Å². The van der Waals surface area contributed by atoms with Crippen LogP contribution in [0.3, 0.4) is 0 Å². The van der Waals surface area contributed by atoms with Gasteiger partial charge in [-0.3, -0.25) is 4.99 Å². The van der Waals surface area contributed by atoms with Crippen LogP contribution in [-0.4, -0.2) is 18.4 Å². The lowest BCUT2D eigenvalue weighted by molar-refractivity contribution is 0.767. The molecule has 0 spiro atoms. The van der Waals surface area contributed by atoms with Gasteiger partial charge in [0.05, 0.1) is 0 Å². The van der Waals surface area contributed by atoms with Gasteiger partial charge in [-0.15, -0.1) is 12.4 Å². The van der Waals surface area contributed by atoms with Crippen LogP contribution in [0.4, 0.5) is 5.69 Å². The Morgan fingerprint density at radius 1 is 1.31 bits per heavy atom. The van der Waals surface area contributed by atoms with E-state index in [4.69, 9.17) is 0 Å². The first-order chi connectivity index (χ1) is 7.36. The molecule has 0 bridgehead atoms. The molecular formula is C13H17ClN2. The van der Waals surface area contributed by atoms with Crippen LogP contribution in [0.15, 0.2) is 29.3 Å². The number of anilines is 1. The third kappa shape index (κ3) is 1.71. The lowest BCUT2D eigenvalue weighted by atomic mass is 10.1. The molecule has 0 aromatic heterocycles. The maximum absolute atomic E-state index is 4.61. The van der Waals surface area contributed by atoms with E-state index in [1.165, 1.54) is 23.5 Å². The van der Waals surface area contributed by atoms with E-state index in [0.717, 1.165) is 19.4 Å². The molecule has 0 N–H and O–H groups in total. The minimum Gasteiger partial charge on any atom is -0.327 e. The molecule has 0 saturated heterocycles. The minimum absolute atomic E-state index is 0. The molecule has 0 amide bonds. The van der Waals surface area contributed by atoms with Crippen LogP contribution in [0.25, 0.3) is 0 Å². The van der Waals surface area contributed by atoms with Gasteiger partial charge in [-0.25, -0.2) is 0 Å². The lowest BCUT2D eigenvalue weighted by Crippen LogP contribution is -2.34. The zero-order valence-electron chi connectivity index (χ0n) is 9.52. The van der Waals surface area contributed by atoms with Crippen LogP contribution in [0, 0.1) is 0 Å². The van der Waals surface area contributed by atoms with Crippen LogP contribution in [-0.2, 0) is 6.42 Å². The van der Waals surface area contributed by atoms with Crippen molar-refractivity contribution in [3.05, 3.63) is 29.8 Å². The molecule has 2 aliphatic heterocycles.